The number of amides is 1. The highest BCUT2D eigenvalue weighted by molar-refractivity contribution is 7.92. The molecular weight excluding hydrogens is 452 g/mol. The zero-order valence-corrected chi connectivity index (χ0v) is 21.2. The van der Waals surface area contributed by atoms with Crippen molar-refractivity contribution in [1.82, 2.24) is 15.1 Å². The van der Waals surface area contributed by atoms with Crippen LogP contribution in [0, 0.1) is 6.92 Å². The summed E-state index contributed by atoms with van der Waals surface area (Å²) in [7, 11) is -1.86. The van der Waals surface area contributed by atoms with Gasteiger partial charge in [-0.25, -0.2) is 8.42 Å². The molecule has 0 radical (unpaired) electrons. The van der Waals surface area contributed by atoms with Crippen molar-refractivity contribution in [1.29, 1.82) is 0 Å². The van der Waals surface area contributed by atoms with Crippen molar-refractivity contribution in [2.75, 3.05) is 63.8 Å². The van der Waals surface area contributed by atoms with Gasteiger partial charge in [0.2, 0.25) is 5.91 Å². The highest BCUT2D eigenvalue weighted by atomic mass is 32.2. The highest BCUT2D eigenvalue weighted by Gasteiger charge is 2.29. The molecule has 2 aromatic carbocycles. The van der Waals surface area contributed by atoms with Crippen molar-refractivity contribution in [3.63, 3.8) is 0 Å². The van der Waals surface area contributed by atoms with Gasteiger partial charge in [-0.05, 0) is 58.1 Å². The number of piperazine rings is 1. The summed E-state index contributed by atoms with van der Waals surface area (Å²) in [5.74, 6) is 0.0731. The van der Waals surface area contributed by atoms with Crippen LogP contribution in [0.5, 0.6) is 5.75 Å². The summed E-state index contributed by atoms with van der Waals surface area (Å²) in [6.07, 6.45) is 0.815. The van der Waals surface area contributed by atoms with Crippen LogP contribution >= 0.6 is 0 Å². The molecule has 1 aliphatic rings. The smallest absolute Gasteiger partial charge is 0.264 e. The maximum absolute atomic E-state index is 13.6. The van der Waals surface area contributed by atoms with E-state index in [1.165, 1.54) is 0 Å². The monoisotopic (exact) mass is 488 g/mol. The van der Waals surface area contributed by atoms with Gasteiger partial charge in [0.05, 0.1) is 17.2 Å². The van der Waals surface area contributed by atoms with Crippen LogP contribution in [0.2, 0.25) is 0 Å². The van der Waals surface area contributed by atoms with Crippen molar-refractivity contribution in [2.24, 2.45) is 0 Å². The number of nitrogens with zero attached hydrogens (tertiary/aromatic N) is 3. The fraction of sp³-hybridized carbons (Fsp3) is 0.480. The molecule has 1 heterocycles. The van der Waals surface area contributed by atoms with E-state index in [-0.39, 0.29) is 17.3 Å². The van der Waals surface area contributed by atoms with E-state index >= 15 is 0 Å². The number of nitrogens with one attached hydrogen (secondary N) is 1. The molecule has 34 heavy (non-hydrogen) atoms. The number of hydrogen-bond donors (Lipinski definition) is 1. The second kappa shape index (κ2) is 12.2. The lowest BCUT2D eigenvalue weighted by atomic mass is 10.2. The maximum Gasteiger partial charge on any atom is 0.264 e. The summed E-state index contributed by atoms with van der Waals surface area (Å²) in [6, 6.07) is 13.5. The van der Waals surface area contributed by atoms with Crippen LogP contribution in [-0.4, -0.2) is 83.6 Å². The summed E-state index contributed by atoms with van der Waals surface area (Å²) < 4.78 is 34.0. The van der Waals surface area contributed by atoms with Crippen molar-refractivity contribution < 1.29 is 17.9 Å². The van der Waals surface area contributed by atoms with E-state index < -0.39 is 10.0 Å². The molecule has 1 N–H and O–H groups in total. The summed E-state index contributed by atoms with van der Waals surface area (Å²) in [6.45, 7) is 9.36. The number of para-hydroxylation sites is 2. The van der Waals surface area contributed by atoms with Gasteiger partial charge < -0.3 is 19.9 Å². The highest BCUT2D eigenvalue weighted by Crippen LogP contribution is 2.32. The van der Waals surface area contributed by atoms with Crippen LogP contribution in [0.25, 0.3) is 0 Å². The van der Waals surface area contributed by atoms with Crippen LogP contribution < -0.4 is 14.4 Å². The molecule has 2 aromatic rings. The second-order valence-electron chi connectivity index (χ2n) is 8.57. The predicted octanol–water partition coefficient (Wildman–Crippen LogP) is 2.34. The third-order valence-corrected chi connectivity index (χ3v) is 7.67. The van der Waals surface area contributed by atoms with Gasteiger partial charge in [-0.15, -0.1) is 0 Å². The van der Waals surface area contributed by atoms with Crippen molar-refractivity contribution in [3.05, 3.63) is 54.1 Å². The molecule has 0 spiro atoms. The standard InChI is InChI=1S/C25H36N4O4S/c1-4-33-24-9-6-5-8-23(24)29(34(31,32)22-12-10-21(2)11-13-22)20-25(30)26-14-7-15-28-18-16-27(3)17-19-28/h5-6,8-13H,4,7,14-20H2,1-3H3,(H,26,30). The fourth-order valence-corrected chi connectivity index (χ4v) is 5.30. The largest absolute Gasteiger partial charge is 0.492 e. The molecule has 9 heteroatoms. The first kappa shape index (κ1) is 26.0. The van der Waals surface area contributed by atoms with E-state index in [1.807, 2.05) is 13.8 Å². The minimum Gasteiger partial charge on any atom is -0.492 e. The molecule has 1 fully saturated rings. The van der Waals surface area contributed by atoms with Gasteiger partial charge in [-0.2, -0.15) is 0 Å². The van der Waals surface area contributed by atoms with Gasteiger partial charge in [0, 0.05) is 32.7 Å². The van der Waals surface area contributed by atoms with Gasteiger partial charge in [-0.1, -0.05) is 29.8 Å². The Labute approximate surface area is 203 Å². The van der Waals surface area contributed by atoms with E-state index in [1.54, 1.807) is 48.5 Å². The summed E-state index contributed by atoms with van der Waals surface area (Å²) >= 11 is 0. The summed E-state index contributed by atoms with van der Waals surface area (Å²) in [5.41, 5.74) is 1.30. The molecule has 1 saturated heterocycles. The quantitative estimate of drug-likeness (QED) is 0.489. The number of aryl methyl sites for hydroxylation is 1. The lowest BCUT2D eigenvalue weighted by molar-refractivity contribution is -0.119. The molecule has 1 amide bonds. The summed E-state index contributed by atoms with van der Waals surface area (Å²) in [5, 5.41) is 2.89. The average molecular weight is 489 g/mol. The Morgan fingerprint density at radius 3 is 2.41 bits per heavy atom. The molecule has 3 rings (SSSR count). The van der Waals surface area contributed by atoms with Crippen LogP contribution in [0.1, 0.15) is 18.9 Å². The van der Waals surface area contributed by atoms with Crippen molar-refractivity contribution in [3.8, 4) is 5.75 Å². The van der Waals surface area contributed by atoms with Crippen molar-refractivity contribution in [2.45, 2.75) is 25.2 Å². The first-order chi connectivity index (χ1) is 16.3. The maximum atomic E-state index is 13.6. The number of carbonyl (C=O) groups excluding carboxylic acids is 1. The van der Waals surface area contributed by atoms with Gasteiger partial charge >= 0.3 is 0 Å². The predicted molar refractivity (Wildman–Crippen MR) is 135 cm³/mol. The first-order valence-electron chi connectivity index (χ1n) is 11.8. The Kier molecular flexibility index (Phi) is 9.32. The van der Waals surface area contributed by atoms with Crippen LogP contribution in [-0.2, 0) is 14.8 Å². The van der Waals surface area contributed by atoms with Gasteiger partial charge in [0.15, 0.2) is 0 Å². The van der Waals surface area contributed by atoms with E-state index in [4.69, 9.17) is 4.74 Å². The van der Waals surface area contributed by atoms with E-state index in [0.717, 1.165) is 49.0 Å². The number of likely N-dealkylation sites (N-methyl/N-ethyl adjacent to an activating group) is 1. The second-order valence-corrected chi connectivity index (χ2v) is 10.4. The number of ether oxygens (including phenoxy) is 1. The van der Waals surface area contributed by atoms with Crippen LogP contribution in [0.15, 0.2) is 53.4 Å². The molecule has 1 aliphatic heterocycles. The van der Waals surface area contributed by atoms with E-state index in [2.05, 4.69) is 22.2 Å². The first-order valence-corrected chi connectivity index (χ1v) is 13.2. The normalized spacial score (nSPS) is 15.1. The third kappa shape index (κ3) is 6.94. The number of hydrogen-bond acceptors (Lipinski definition) is 6. The zero-order chi connectivity index (χ0) is 24.6. The van der Waals surface area contributed by atoms with E-state index in [9.17, 15) is 13.2 Å². The van der Waals surface area contributed by atoms with Crippen LogP contribution in [0.4, 0.5) is 5.69 Å². The molecule has 0 aromatic heterocycles. The molecule has 0 aliphatic carbocycles. The SMILES string of the molecule is CCOc1ccccc1N(CC(=O)NCCCN1CCN(C)CC1)S(=O)(=O)c1ccc(C)cc1. The lowest BCUT2D eigenvalue weighted by Crippen LogP contribution is -2.45. The van der Waals surface area contributed by atoms with Gasteiger partial charge in [0.1, 0.15) is 12.3 Å². The van der Waals surface area contributed by atoms with E-state index in [0.29, 0.717) is 24.6 Å². The van der Waals surface area contributed by atoms with Gasteiger partial charge in [-0.3, -0.25) is 9.10 Å². The van der Waals surface area contributed by atoms with Gasteiger partial charge in [0.25, 0.3) is 10.0 Å². The minimum atomic E-state index is -3.98. The molecule has 0 bridgehead atoms. The Morgan fingerprint density at radius 1 is 1.06 bits per heavy atom. The molecule has 0 atom stereocenters. The lowest BCUT2D eigenvalue weighted by Gasteiger charge is -2.32. The summed E-state index contributed by atoms with van der Waals surface area (Å²) in [4.78, 5) is 17.7. The molecule has 8 nitrogen and oxygen atoms in total. The Hall–Kier alpha value is -2.62. The Morgan fingerprint density at radius 2 is 1.74 bits per heavy atom. The molecule has 0 saturated carbocycles. The average Bonchev–Trinajstić information content (AvgIpc) is 2.82. The minimum absolute atomic E-state index is 0.132. The van der Waals surface area contributed by atoms with Crippen LogP contribution in [0.3, 0.4) is 0 Å². The number of sulfonamides is 1. The zero-order valence-electron chi connectivity index (χ0n) is 20.4. The number of benzene rings is 2. The fourth-order valence-electron chi connectivity index (χ4n) is 3.87. The molecular formula is C25H36N4O4S. The Bertz CT molecular complexity index is 1040. The number of anilines is 1. The number of rotatable bonds is 11. The Balaban J connectivity index is 1.71. The third-order valence-electron chi connectivity index (χ3n) is 5.90. The molecule has 0 unspecified atom stereocenters. The van der Waals surface area contributed by atoms with Crippen molar-refractivity contribution >= 4 is 21.6 Å². The molecule has 186 valence electrons. The number of carbonyl (C=O) groups is 1. The topological polar surface area (TPSA) is 82.2 Å².